The molecule has 9 nitrogen and oxygen atoms in total. The zero-order valence-corrected chi connectivity index (χ0v) is 18.4. The molecule has 4 rings (SSSR count). The van der Waals surface area contributed by atoms with Crippen molar-refractivity contribution in [2.24, 2.45) is 5.92 Å². The van der Waals surface area contributed by atoms with Crippen molar-refractivity contribution in [2.75, 3.05) is 11.9 Å². The maximum absolute atomic E-state index is 12.5. The summed E-state index contributed by atoms with van der Waals surface area (Å²) < 4.78 is 4.88. The Balaban J connectivity index is 1.34. The lowest BCUT2D eigenvalue weighted by Crippen LogP contribution is -2.33. The van der Waals surface area contributed by atoms with Crippen LogP contribution in [0.5, 0.6) is 0 Å². The molecule has 2 amide bonds. The molecule has 0 saturated carbocycles. The second-order valence-corrected chi connectivity index (χ2v) is 8.12. The van der Waals surface area contributed by atoms with Gasteiger partial charge in [0, 0.05) is 30.7 Å². The van der Waals surface area contributed by atoms with Crippen molar-refractivity contribution >= 4 is 17.4 Å². The van der Waals surface area contributed by atoms with Crippen LogP contribution >= 0.6 is 0 Å². The van der Waals surface area contributed by atoms with E-state index in [0.717, 1.165) is 23.5 Å². The minimum absolute atomic E-state index is 0.201. The van der Waals surface area contributed by atoms with Crippen LogP contribution in [0.4, 0.5) is 10.5 Å². The van der Waals surface area contributed by atoms with E-state index in [1.165, 1.54) is 9.08 Å². The summed E-state index contributed by atoms with van der Waals surface area (Å²) in [6.45, 7) is 7.66. The molecule has 1 aromatic carbocycles. The molecule has 1 atom stereocenters. The summed E-state index contributed by atoms with van der Waals surface area (Å²) in [6.07, 6.45) is 1.69. The summed E-state index contributed by atoms with van der Waals surface area (Å²) in [6, 6.07) is 14.6. The van der Waals surface area contributed by atoms with Gasteiger partial charge in [-0.2, -0.15) is 5.10 Å². The van der Waals surface area contributed by atoms with E-state index in [1.807, 2.05) is 54.9 Å². The number of nitrogens with one attached hydrogen (secondary N) is 2. The Morgan fingerprint density at radius 1 is 1.06 bits per heavy atom. The van der Waals surface area contributed by atoms with E-state index in [-0.39, 0.29) is 17.6 Å². The fourth-order valence-corrected chi connectivity index (χ4v) is 3.65. The van der Waals surface area contributed by atoms with E-state index in [9.17, 15) is 9.59 Å². The van der Waals surface area contributed by atoms with Crippen LogP contribution in [0.2, 0.25) is 0 Å². The molecule has 2 N–H and O–H groups in total. The number of urea groups is 1. The van der Waals surface area contributed by atoms with E-state index in [1.54, 1.807) is 18.3 Å². The third-order valence-corrected chi connectivity index (χ3v) is 5.20. The zero-order valence-electron chi connectivity index (χ0n) is 18.4. The minimum atomic E-state index is -0.271. The fourth-order valence-electron chi connectivity index (χ4n) is 3.65. The van der Waals surface area contributed by atoms with E-state index in [2.05, 4.69) is 27.8 Å². The minimum Gasteiger partial charge on any atom is -0.338 e. The fraction of sp³-hybridized carbons (Fsp3) is 0.304. The Labute approximate surface area is 185 Å². The molecule has 32 heavy (non-hydrogen) atoms. The Hall–Kier alpha value is -3.88. The molecule has 3 aromatic heterocycles. The van der Waals surface area contributed by atoms with Crippen LogP contribution in [0.1, 0.15) is 23.9 Å². The SMILES string of the molecule is Cc1cc(C)n(C[C@@H](C)CNC(=O)Nc2cccc(Cn3nc4ccccn4c3=O)c2)n1. The maximum atomic E-state index is 12.5. The molecule has 9 heteroatoms. The Morgan fingerprint density at radius 3 is 2.66 bits per heavy atom. The van der Waals surface area contributed by atoms with Gasteiger partial charge < -0.3 is 10.6 Å². The summed E-state index contributed by atoms with van der Waals surface area (Å²) in [5.41, 5.74) is 4.02. The lowest BCUT2D eigenvalue weighted by atomic mass is 10.2. The topological polar surface area (TPSA) is 98.3 Å². The number of carbonyl (C=O) groups is 1. The zero-order chi connectivity index (χ0) is 22.7. The third-order valence-electron chi connectivity index (χ3n) is 5.20. The molecule has 4 aromatic rings. The number of fused-ring (bicyclic) bond motifs is 1. The van der Waals surface area contributed by atoms with E-state index in [0.29, 0.717) is 24.4 Å². The standard InChI is InChI=1S/C23H27N7O2/c1-16(14-29-18(3)11-17(2)26-29)13-24-22(31)25-20-8-6-7-19(12-20)15-30-23(32)28-10-5-4-9-21(28)27-30/h4-12,16H,13-15H2,1-3H3,(H2,24,25,31)/t16-/m0/s1. The van der Waals surface area contributed by atoms with Gasteiger partial charge in [0.1, 0.15) is 0 Å². The monoisotopic (exact) mass is 433 g/mol. The second kappa shape index (κ2) is 9.09. The number of hydrogen-bond acceptors (Lipinski definition) is 4. The van der Waals surface area contributed by atoms with Crippen molar-refractivity contribution in [3.63, 3.8) is 0 Å². The first-order chi connectivity index (χ1) is 15.4. The molecule has 0 unspecified atom stereocenters. The number of rotatable bonds is 7. The molecular formula is C23H27N7O2. The Bertz CT molecular complexity index is 1300. The van der Waals surface area contributed by atoms with Gasteiger partial charge in [-0.05, 0) is 55.7 Å². The molecule has 0 saturated heterocycles. The first-order valence-electron chi connectivity index (χ1n) is 10.6. The highest BCUT2D eigenvalue weighted by Gasteiger charge is 2.10. The average Bonchev–Trinajstić information content (AvgIpc) is 3.24. The number of carbonyl (C=O) groups excluding carboxylic acids is 1. The Morgan fingerprint density at radius 2 is 1.91 bits per heavy atom. The number of amides is 2. The van der Waals surface area contributed by atoms with Gasteiger partial charge in [-0.25, -0.2) is 14.3 Å². The number of aryl methyl sites for hydroxylation is 2. The van der Waals surface area contributed by atoms with Gasteiger partial charge in [-0.3, -0.25) is 9.08 Å². The average molecular weight is 434 g/mol. The molecule has 0 fully saturated rings. The molecule has 0 aliphatic rings. The number of nitrogens with zero attached hydrogens (tertiary/aromatic N) is 5. The molecule has 0 aliphatic heterocycles. The predicted octanol–water partition coefficient (Wildman–Crippen LogP) is 2.82. The Kier molecular flexibility index (Phi) is 6.07. The predicted molar refractivity (Wildman–Crippen MR) is 123 cm³/mol. The smallest absolute Gasteiger partial charge is 0.338 e. The number of anilines is 1. The summed E-state index contributed by atoms with van der Waals surface area (Å²) in [7, 11) is 0. The molecule has 166 valence electrons. The van der Waals surface area contributed by atoms with Gasteiger partial charge >= 0.3 is 11.7 Å². The molecule has 3 heterocycles. The highest BCUT2D eigenvalue weighted by molar-refractivity contribution is 5.89. The van der Waals surface area contributed by atoms with Gasteiger partial charge in [-0.15, -0.1) is 5.10 Å². The van der Waals surface area contributed by atoms with Crippen LogP contribution < -0.4 is 16.3 Å². The number of aromatic nitrogens is 5. The van der Waals surface area contributed by atoms with Gasteiger partial charge in [0.15, 0.2) is 5.65 Å². The van der Waals surface area contributed by atoms with Crippen molar-refractivity contribution in [3.05, 3.63) is 82.2 Å². The van der Waals surface area contributed by atoms with Crippen molar-refractivity contribution in [1.29, 1.82) is 0 Å². The normalized spacial score (nSPS) is 12.1. The van der Waals surface area contributed by atoms with Crippen LogP contribution in [0.15, 0.2) is 59.5 Å². The van der Waals surface area contributed by atoms with Crippen LogP contribution in [0.3, 0.4) is 0 Å². The molecule has 0 spiro atoms. The lowest BCUT2D eigenvalue weighted by Gasteiger charge is -2.15. The highest BCUT2D eigenvalue weighted by atomic mass is 16.2. The van der Waals surface area contributed by atoms with Crippen molar-refractivity contribution in [3.8, 4) is 0 Å². The molecule has 0 aliphatic carbocycles. The van der Waals surface area contributed by atoms with Crippen LogP contribution in [-0.2, 0) is 13.1 Å². The second-order valence-electron chi connectivity index (χ2n) is 8.12. The summed E-state index contributed by atoms with van der Waals surface area (Å²) in [5, 5.41) is 14.6. The van der Waals surface area contributed by atoms with Gasteiger partial charge in [0.05, 0.1) is 12.2 Å². The van der Waals surface area contributed by atoms with Crippen molar-refractivity contribution in [1.82, 2.24) is 29.3 Å². The number of benzene rings is 1. The van der Waals surface area contributed by atoms with Crippen molar-refractivity contribution < 1.29 is 4.79 Å². The van der Waals surface area contributed by atoms with Crippen LogP contribution in [0, 0.1) is 19.8 Å². The van der Waals surface area contributed by atoms with Crippen molar-refractivity contribution in [2.45, 2.75) is 33.9 Å². The first kappa shape index (κ1) is 21.4. The highest BCUT2D eigenvalue weighted by Crippen LogP contribution is 2.12. The molecule has 0 radical (unpaired) electrons. The number of pyridine rings is 1. The molecule has 0 bridgehead atoms. The van der Waals surface area contributed by atoms with Gasteiger partial charge in [0.25, 0.3) is 0 Å². The van der Waals surface area contributed by atoms with E-state index in [4.69, 9.17) is 0 Å². The van der Waals surface area contributed by atoms with E-state index >= 15 is 0 Å². The number of hydrogen-bond donors (Lipinski definition) is 2. The quantitative estimate of drug-likeness (QED) is 0.468. The molecular weight excluding hydrogens is 406 g/mol. The van der Waals surface area contributed by atoms with Gasteiger partial charge in [0.2, 0.25) is 0 Å². The third kappa shape index (κ3) is 4.88. The van der Waals surface area contributed by atoms with E-state index < -0.39 is 0 Å². The lowest BCUT2D eigenvalue weighted by molar-refractivity contribution is 0.249. The van der Waals surface area contributed by atoms with Gasteiger partial charge in [-0.1, -0.05) is 25.1 Å². The maximum Gasteiger partial charge on any atom is 0.350 e. The van der Waals surface area contributed by atoms with Crippen LogP contribution in [-0.4, -0.2) is 36.5 Å². The van der Waals surface area contributed by atoms with Crippen LogP contribution in [0.25, 0.3) is 5.65 Å². The first-order valence-corrected chi connectivity index (χ1v) is 10.6. The summed E-state index contributed by atoms with van der Waals surface area (Å²) in [4.78, 5) is 24.8. The summed E-state index contributed by atoms with van der Waals surface area (Å²) in [5.74, 6) is 0.229. The summed E-state index contributed by atoms with van der Waals surface area (Å²) >= 11 is 0. The largest absolute Gasteiger partial charge is 0.350 e.